The van der Waals surface area contributed by atoms with Crippen LogP contribution in [0.2, 0.25) is 0 Å². The lowest BCUT2D eigenvalue weighted by Gasteiger charge is -2.12. The van der Waals surface area contributed by atoms with Gasteiger partial charge in [-0.15, -0.1) is 10.2 Å². The number of ether oxygens (including phenoxy) is 2. The Hall–Kier alpha value is -3.92. The summed E-state index contributed by atoms with van der Waals surface area (Å²) in [4.78, 5) is 0.0723. The smallest absolute Gasteiger partial charge is 0.265 e. The van der Waals surface area contributed by atoms with Gasteiger partial charge in [-0.3, -0.25) is 4.72 Å². The van der Waals surface area contributed by atoms with Gasteiger partial charge in [0.1, 0.15) is 16.4 Å². The number of hydrogen-bond acceptors (Lipinski definition) is 7. The van der Waals surface area contributed by atoms with Crippen LogP contribution >= 0.6 is 0 Å². The second-order valence-corrected chi connectivity index (χ2v) is 8.67. The molecular weight excluding hydrogens is 430 g/mol. The third-order valence-corrected chi connectivity index (χ3v) is 5.92. The van der Waals surface area contributed by atoms with Crippen molar-refractivity contribution >= 4 is 15.7 Å². The van der Waals surface area contributed by atoms with Crippen LogP contribution in [0, 0.1) is 13.8 Å². The van der Waals surface area contributed by atoms with Gasteiger partial charge in [0, 0.05) is 18.0 Å². The molecule has 0 aliphatic carbocycles. The number of hydrogen-bond donors (Lipinski definition) is 1. The summed E-state index contributed by atoms with van der Waals surface area (Å²) in [5.41, 5.74) is 2.07. The van der Waals surface area contributed by atoms with Crippen LogP contribution in [-0.2, 0) is 10.0 Å². The molecule has 9 nitrogen and oxygen atoms in total. The van der Waals surface area contributed by atoms with Gasteiger partial charge in [0.15, 0.2) is 5.82 Å². The molecule has 0 spiro atoms. The summed E-state index contributed by atoms with van der Waals surface area (Å²) in [6.45, 7) is 3.71. The van der Waals surface area contributed by atoms with E-state index in [-0.39, 0.29) is 10.6 Å². The molecule has 2 aromatic heterocycles. The first-order valence-corrected chi connectivity index (χ1v) is 11.1. The molecule has 4 rings (SSSR count). The Labute approximate surface area is 185 Å². The highest BCUT2D eigenvalue weighted by Gasteiger charge is 2.20. The van der Waals surface area contributed by atoms with Crippen molar-refractivity contribution in [3.05, 3.63) is 78.1 Å². The highest BCUT2D eigenvalue weighted by atomic mass is 32.2. The molecule has 2 aromatic carbocycles. The monoisotopic (exact) mass is 451 g/mol. The van der Waals surface area contributed by atoms with E-state index in [0.29, 0.717) is 23.1 Å². The van der Waals surface area contributed by atoms with Crippen LogP contribution < -0.4 is 14.2 Å². The quantitative estimate of drug-likeness (QED) is 0.454. The SMILES string of the molecule is COc1ccc(C)cc1S(=O)(=O)Nc1ccc(Oc2ccc(-n3ccc(C)n3)nn2)cc1. The third kappa shape index (κ3) is 4.70. The lowest BCUT2D eigenvalue weighted by Crippen LogP contribution is -2.14. The van der Waals surface area contributed by atoms with E-state index >= 15 is 0 Å². The van der Waals surface area contributed by atoms with E-state index in [1.54, 1.807) is 65.5 Å². The second-order valence-electron chi connectivity index (χ2n) is 7.02. The van der Waals surface area contributed by atoms with Crippen molar-refractivity contribution in [1.29, 1.82) is 0 Å². The van der Waals surface area contributed by atoms with Gasteiger partial charge in [-0.25, -0.2) is 13.1 Å². The molecule has 0 radical (unpaired) electrons. The third-order valence-electron chi connectivity index (χ3n) is 4.52. The van der Waals surface area contributed by atoms with Crippen molar-refractivity contribution < 1.29 is 17.9 Å². The molecule has 0 saturated carbocycles. The number of sulfonamides is 1. The number of nitrogens with one attached hydrogen (secondary N) is 1. The zero-order valence-electron chi connectivity index (χ0n) is 17.7. The summed E-state index contributed by atoms with van der Waals surface area (Å²) in [7, 11) is -2.39. The van der Waals surface area contributed by atoms with Crippen molar-refractivity contribution in [2.45, 2.75) is 18.7 Å². The van der Waals surface area contributed by atoms with Crippen LogP contribution in [0.4, 0.5) is 5.69 Å². The van der Waals surface area contributed by atoms with E-state index in [2.05, 4.69) is 20.0 Å². The lowest BCUT2D eigenvalue weighted by molar-refractivity contribution is 0.402. The minimum atomic E-state index is -3.83. The maximum Gasteiger partial charge on any atom is 0.265 e. The molecule has 4 aromatic rings. The van der Waals surface area contributed by atoms with Crippen molar-refractivity contribution in [3.8, 4) is 23.2 Å². The first kappa shape index (κ1) is 21.3. The van der Waals surface area contributed by atoms with Gasteiger partial charge in [0.2, 0.25) is 5.88 Å². The maximum absolute atomic E-state index is 12.8. The summed E-state index contributed by atoms with van der Waals surface area (Å²) in [5.74, 6) is 1.63. The fraction of sp³-hybridized carbons (Fsp3) is 0.136. The molecular formula is C22H21N5O4S. The minimum Gasteiger partial charge on any atom is -0.495 e. The van der Waals surface area contributed by atoms with Crippen LogP contribution in [0.5, 0.6) is 17.4 Å². The average Bonchev–Trinajstić information content (AvgIpc) is 3.22. The maximum atomic E-state index is 12.8. The van der Waals surface area contributed by atoms with E-state index in [0.717, 1.165) is 11.3 Å². The Morgan fingerprint density at radius 3 is 2.34 bits per heavy atom. The molecule has 164 valence electrons. The number of rotatable bonds is 7. The standard InChI is InChI=1S/C22H21N5O4S/c1-15-4-9-19(30-3)20(14-15)32(28,29)26-17-5-7-18(8-6-17)31-22-11-10-21(23-24-22)27-13-12-16(2)25-27/h4-14,26H,1-3H3. The number of aryl methyl sites for hydroxylation is 2. The number of aromatic nitrogens is 4. The second kappa shape index (κ2) is 8.67. The first-order chi connectivity index (χ1) is 15.3. The van der Waals surface area contributed by atoms with Crippen molar-refractivity contribution in [1.82, 2.24) is 20.0 Å². The van der Waals surface area contributed by atoms with Gasteiger partial charge in [0.25, 0.3) is 10.0 Å². The first-order valence-electron chi connectivity index (χ1n) is 9.66. The zero-order valence-corrected chi connectivity index (χ0v) is 18.5. The van der Waals surface area contributed by atoms with Crippen LogP contribution in [0.15, 0.2) is 71.8 Å². The molecule has 0 saturated heterocycles. The van der Waals surface area contributed by atoms with E-state index in [1.165, 1.54) is 7.11 Å². The van der Waals surface area contributed by atoms with Crippen molar-refractivity contribution in [3.63, 3.8) is 0 Å². The van der Waals surface area contributed by atoms with Crippen LogP contribution in [0.1, 0.15) is 11.3 Å². The van der Waals surface area contributed by atoms with E-state index in [1.807, 2.05) is 19.9 Å². The molecule has 0 unspecified atom stereocenters. The topological polar surface area (TPSA) is 108 Å². The number of anilines is 1. The van der Waals surface area contributed by atoms with Gasteiger partial charge in [0.05, 0.1) is 12.8 Å². The van der Waals surface area contributed by atoms with Gasteiger partial charge < -0.3 is 9.47 Å². The van der Waals surface area contributed by atoms with E-state index in [4.69, 9.17) is 9.47 Å². The largest absolute Gasteiger partial charge is 0.495 e. The number of methoxy groups -OCH3 is 1. The molecule has 0 aliphatic heterocycles. The Morgan fingerprint density at radius 1 is 0.938 bits per heavy atom. The predicted octanol–water partition coefficient (Wildman–Crippen LogP) is 3.88. The Morgan fingerprint density at radius 2 is 1.72 bits per heavy atom. The summed E-state index contributed by atoms with van der Waals surface area (Å²) >= 11 is 0. The Bertz CT molecular complexity index is 1330. The summed E-state index contributed by atoms with van der Waals surface area (Å²) < 4.78 is 40.7. The Balaban J connectivity index is 1.46. The molecule has 0 atom stereocenters. The highest BCUT2D eigenvalue weighted by Crippen LogP contribution is 2.28. The van der Waals surface area contributed by atoms with Gasteiger partial charge in [-0.05, 0) is 67.9 Å². The summed E-state index contributed by atoms with van der Waals surface area (Å²) in [6, 6.07) is 16.7. The Kier molecular flexibility index (Phi) is 5.78. The fourth-order valence-corrected chi connectivity index (χ4v) is 4.26. The van der Waals surface area contributed by atoms with E-state index < -0.39 is 10.0 Å². The number of benzene rings is 2. The molecule has 32 heavy (non-hydrogen) atoms. The molecule has 0 aliphatic rings. The molecule has 0 fully saturated rings. The zero-order chi connectivity index (χ0) is 22.7. The molecule has 0 amide bonds. The van der Waals surface area contributed by atoms with Gasteiger partial charge in [-0.2, -0.15) is 5.10 Å². The van der Waals surface area contributed by atoms with Gasteiger partial charge >= 0.3 is 0 Å². The van der Waals surface area contributed by atoms with Crippen LogP contribution in [0.3, 0.4) is 0 Å². The average molecular weight is 452 g/mol. The lowest BCUT2D eigenvalue weighted by atomic mass is 10.2. The molecule has 2 heterocycles. The number of nitrogens with zero attached hydrogens (tertiary/aromatic N) is 4. The molecule has 10 heteroatoms. The van der Waals surface area contributed by atoms with Gasteiger partial charge in [-0.1, -0.05) is 6.07 Å². The van der Waals surface area contributed by atoms with Crippen LogP contribution in [-0.4, -0.2) is 35.5 Å². The highest BCUT2D eigenvalue weighted by molar-refractivity contribution is 7.92. The van der Waals surface area contributed by atoms with Crippen molar-refractivity contribution in [2.24, 2.45) is 0 Å². The predicted molar refractivity (Wildman–Crippen MR) is 119 cm³/mol. The summed E-state index contributed by atoms with van der Waals surface area (Å²) in [6.07, 6.45) is 1.80. The fourth-order valence-electron chi connectivity index (χ4n) is 2.95. The molecule has 0 bridgehead atoms. The van der Waals surface area contributed by atoms with Crippen LogP contribution in [0.25, 0.3) is 5.82 Å². The normalized spacial score (nSPS) is 11.2. The minimum absolute atomic E-state index is 0.0723. The molecule has 1 N–H and O–H groups in total. The van der Waals surface area contributed by atoms with E-state index in [9.17, 15) is 8.42 Å². The van der Waals surface area contributed by atoms with Crippen molar-refractivity contribution in [2.75, 3.05) is 11.8 Å². The summed E-state index contributed by atoms with van der Waals surface area (Å²) in [5, 5.41) is 12.4.